The van der Waals surface area contributed by atoms with E-state index in [1.807, 2.05) is 11.8 Å². The number of aromatic nitrogens is 2. The predicted molar refractivity (Wildman–Crippen MR) is 51.0 cm³/mol. The maximum absolute atomic E-state index is 12.6. The summed E-state index contributed by atoms with van der Waals surface area (Å²) in [5.74, 6) is 0.782. The molecule has 0 aliphatic carbocycles. The van der Waals surface area contributed by atoms with Crippen molar-refractivity contribution >= 4 is 16.7 Å². The third-order valence-corrected chi connectivity index (χ3v) is 3.16. The zero-order valence-corrected chi connectivity index (χ0v) is 8.35. The Morgan fingerprint density at radius 2 is 2.54 bits per heavy atom. The second kappa shape index (κ2) is 3.57. The molecule has 2 heterocycles. The molecule has 1 aromatic rings. The van der Waals surface area contributed by atoms with E-state index in [2.05, 4.69) is 9.36 Å². The molecule has 0 unspecified atom stereocenters. The van der Waals surface area contributed by atoms with Crippen molar-refractivity contribution in [1.29, 1.82) is 0 Å². The first-order chi connectivity index (χ1) is 6.31. The Kier molecular flexibility index (Phi) is 2.44. The lowest BCUT2D eigenvalue weighted by molar-refractivity contribution is 0.428. The van der Waals surface area contributed by atoms with Gasteiger partial charge in [-0.1, -0.05) is 0 Å². The van der Waals surface area contributed by atoms with E-state index in [0.717, 1.165) is 30.3 Å². The number of nitrogens with zero attached hydrogens (tertiary/aromatic N) is 3. The van der Waals surface area contributed by atoms with E-state index in [1.54, 1.807) is 0 Å². The van der Waals surface area contributed by atoms with E-state index in [1.165, 1.54) is 11.5 Å². The fourth-order valence-corrected chi connectivity index (χ4v) is 2.42. The van der Waals surface area contributed by atoms with Gasteiger partial charge in [-0.15, -0.1) is 0 Å². The van der Waals surface area contributed by atoms with Crippen molar-refractivity contribution in [2.75, 3.05) is 18.1 Å². The smallest absolute Gasteiger partial charge is 0.205 e. The van der Waals surface area contributed by atoms with Crippen LogP contribution in [0.5, 0.6) is 0 Å². The zero-order chi connectivity index (χ0) is 9.26. The first kappa shape index (κ1) is 8.87. The van der Waals surface area contributed by atoms with Gasteiger partial charge in [0.1, 0.15) is 12.5 Å². The van der Waals surface area contributed by atoms with E-state index in [-0.39, 0.29) is 12.7 Å². The fourth-order valence-electron chi connectivity index (χ4n) is 1.65. The highest BCUT2D eigenvalue weighted by atomic mass is 32.1. The van der Waals surface area contributed by atoms with E-state index < -0.39 is 0 Å². The molecule has 0 aromatic carbocycles. The number of hydrogen-bond acceptors (Lipinski definition) is 4. The summed E-state index contributed by atoms with van der Waals surface area (Å²) in [7, 11) is 0. The van der Waals surface area contributed by atoms with Crippen LogP contribution in [0.3, 0.4) is 0 Å². The number of hydrogen-bond donors (Lipinski definition) is 0. The lowest BCUT2D eigenvalue weighted by atomic mass is 10.2. The van der Waals surface area contributed by atoms with Crippen LogP contribution in [-0.2, 0) is 0 Å². The summed E-state index contributed by atoms with van der Waals surface area (Å²) >= 11 is 1.36. The summed E-state index contributed by atoms with van der Waals surface area (Å²) in [4.78, 5) is 6.29. The highest BCUT2D eigenvalue weighted by Gasteiger charge is 2.26. The molecule has 0 amide bonds. The summed E-state index contributed by atoms with van der Waals surface area (Å²) in [5, 5.41) is 0.873. The minimum Gasteiger partial charge on any atom is -0.341 e. The molecule has 72 valence electrons. The summed E-state index contributed by atoms with van der Waals surface area (Å²) in [6, 6.07) is 0.0346. The standard InChI is InChI=1S/C8H12FN3S/c1-6-10-8(13-11-6)12-4-2-3-7(12)5-9/h7H,2-5H2,1H3/t7-/m0/s1. The maximum Gasteiger partial charge on any atom is 0.205 e. The average Bonchev–Trinajstić information content (AvgIpc) is 2.71. The lowest BCUT2D eigenvalue weighted by Crippen LogP contribution is -2.30. The molecule has 0 N–H and O–H groups in total. The summed E-state index contributed by atoms with van der Waals surface area (Å²) in [5.41, 5.74) is 0. The Morgan fingerprint density at radius 3 is 3.15 bits per heavy atom. The van der Waals surface area contributed by atoms with Crippen LogP contribution in [0.1, 0.15) is 18.7 Å². The van der Waals surface area contributed by atoms with Gasteiger partial charge in [-0.3, -0.25) is 0 Å². The van der Waals surface area contributed by atoms with Gasteiger partial charge in [0.25, 0.3) is 0 Å². The van der Waals surface area contributed by atoms with Crippen molar-refractivity contribution in [2.24, 2.45) is 0 Å². The number of rotatable bonds is 2. The van der Waals surface area contributed by atoms with Crippen LogP contribution in [-0.4, -0.2) is 28.6 Å². The molecule has 1 saturated heterocycles. The molecule has 3 nitrogen and oxygen atoms in total. The molecule has 0 spiro atoms. The quantitative estimate of drug-likeness (QED) is 0.730. The summed E-state index contributed by atoms with van der Waals surface area (Å²) in [6.07, 6.45) is 2.00. The van der Waals surface area contributed by atoms with Gasteiger partial charge in [-0.2, -0.15) is 4.37 Å². The van der Waals surface area contributed by atoms with Crippen LogP contribution in [0.15, 0.2) is 0 Å². The molecule has 5 heteroatoms. The Balaban J connectivity index is 2.15. The van der Waals surface area contributed by atoms with Crippen LogP contribution >= 0.6 is 11.5 Å². The van der Waals surface area contributed by atoms with Crippen LogP contribution in [0, 0.1) is 6.92 Å². The normalized spacial score (nSPS) is 22.6. The molecule has 13 heavy (non-hydrogen) atoms. The Hall–Kier alpha value is -0.710. The first-order valence-corrected chi connectivity index (χ1v) is 5.21. The third kappa shape index (κ3) is 1.65. The Morgan fingerprint density at radius 1 is 1.69 bits per heavy atom. The second-order valence-corrected chi connectivity index (χ2v) is 4.00. The van der Waals surface area contributed by atoms with Crippen molar-refractivity contribution < 1.29 is 4.39 Å². The molecular formula is C8H12FN3S. The molecule has 1 atom stereocenters. The van der Waals surface area contributed by atoms with E-state index >= 15 is 0 Å². The minimum absolute atomic E-state index is 0.0346. The molecule has 0 radical (unpaired) electrons. The van der Waals surface area contributed by atoms with Crippen molar-refractivity contribution in [3.8, 4) is 0 Å². The van der Waals surface area contributed by atoms with Crippen LogP contribution < -0.4 is 4.90 Å². The van der Waals surface area contributed by atoms with E-state index in [4.69, 9.17) is 0 Å². The molecule has 1 aliphatic rings. The van der Waals surface area contributed by atoms with Gasteiger partial charge in [0.05, 0.1) is 6.04 Å². The fraction of sp³-hybridized carbons (Fsp3) is 0.750. The topological polar surface area (TPSA) is 29.0 Å². The molecule has 0 bridgehead atoms. The number of aryl methyl sites for hydroxylation is 1. The van der Waals surface area contributed by atoms with Gasteiger partial charge in [0.15, 0.2) is 0 Å². The molecule has 0 saturated carbocycles. The van der Waals surface area contributed by atoms with Gasteiger partial charge in [0.2, 0.25) is 5.13 Å². The SMILES string of the molecule is Cc1nsc(N2CCC[C@H]2CF)n1. The Labute approximate surface area is 80.8 Å². The third-order valence-electron chi connectivity index (χ3n) is 2.32. The second-order valence-electron chi connectivity index (χ2n) is 3.27. The van der Waals surface area contributed by atoms with Crippen molar-refractivity contribution in [2.45, 2.75) is 25.8 Å². The van der Waals surface area contributed by atoms with Crippen molar-refractivity contribution in [3.63, 3.8) is 0 Å². The monoisotopic (exact) mass is 201 g/mol. The lowest BCUT2D eigenvalue weighted by Gasteiger charge is -2.20. The largest absolute Gasteiger partial charge is 0.341 e. The van der Waals surface area contributed by atoms with Crippen LogP contribution in [0.4, 0.5) is 9.52 Å². The average molecular weight is 201 g/mol. The Bertz CT molecular complexity index is 289. The molecule has 1 aliphatic heterocycles. The van der Waals surface area contributed by atoms with E-state index in [0.29, 0.717) is 0 Å². The summed E-state index contributed by atoms with van der Waals surface area (Å²) < 4.78 is 16.7. The molecule has 1 fully saturated rings. The molecule has 2 rings (SSSR count). The van der Waals surface area contributed by atoms with Gasteiger partial charge < -0.3 is 4.90 Å². The van der Waals surface area contributed by atoms with Crippen LogP contribution in [0.2, 0.25) is 0 Å². The summed E-state index contributed by atoms with van der Waals surface area (Å²) in [6.45, 7) is 2.50. The van der Waals surface area contributed by atoms with Crippen LogP contribution in [0.25, 0.3) is 0 Å². The highest BCUT2D eigenvalue weighted by Crippen LogP contribution is 2.26. The van der Waals surface area contributed by atoms with E-state index in [9.17, 15) is 4.39 Å². The maximum atomic E-state index is 12.6. The first-order valence-electron chi connectivity index (χ1n) is 4.44. The minimum atomic E-state index is -0.279. The molecular weight excluding hydrogens is 189 g/mol. The van der Waals surface area contributed by atoms with Gasteiger partial charge in [0, 0.05) is 18.1 Å². The van der Waals surface area contributed by atoms with Gasteiger partial charge >= 0.3 is 0 Å². The van der Waals surface area contributed by atoms with Crippen molar-refractivity contribution in [3.05, 3.63) is 5.82 Å². The molecule has 1 aromatic heterocycles. The number of alkyl halides is 1. The van der Waals surface area contributed by atoms with Gasteiger partial charge in [-0.25, -0.2) is 9.37 Å². The number of halogens is 1. The predicted octanol–water partition coefficient (Wildman–Crippen LogP) is 1.78. The zero-order valence-electron chi connectivity index (χ0n) is 7.53. The van der Waals surface area contributed by atoms with Gasteiger partial charge in [-0.05, 0) is 19.8 Å². The van der Waals surface area contributed by atoms with Crippen molar-refractivity contribution in [1.82, 2.24) is 9.36 Å². The number of anilines is 1. The highest BCUT2D eigenvalue weighted by molar-refractivity contribution is 7.09.